The molecule has 0 spiro atoms. The second-order valence-electron chi connectivity index (χ2n) is 5.48. The van der Waals surface area contributed by atoms with Crippen LogP contribution < -0.4 is 10.6 Å². The normalized spacial score (nSPS) is 10.5. The van der Waals surface area contributed by atoms with E-state index >= 15 is 0 Å². The molecule has 2 N–H and O–H groups in total. The van der Waals surface area contributed by atoms with Crippen molar-refractivity contribution in [2.45, 2.75) is 40.5 Å². The minimum absolute atomic E-state index is 0.224. The van der Waals surface area contributed by atoms with E-state index in [4.69, 9.17) is 9.26 Å². The molecule has 0 unspecified atom stereocenters. The molecule has 8 nitrogen and oxygen atoms in total. The number of nitrogens with one attached hydrogen (secondary N) is 2. The number of imide groups is 1. The van der Waals surface area contributed by atoms with Gasteiger partial charge in [0.2, 0.25) is 0 Å². The van der Waals surface area contributed by atoms with E-state index in [1.165, 1.54) is 0 Å². The van der Waals surface area contributed by atoms with E-state index in [0.29, 0.717) is 30.3 Å². The molecule has 0 fully saturated rings. The molecule has 1 rings (SSSR count). The third-order valence-electron chi connectivity index (χ3n) is 3.07. The highest BCUT2D eigenvalue weighted by atomic mass is 16.5. The summed E-state index contributed by atoms with van der Waals surface area (Å²) in [6, 6.07) is -0.609. The second kappa shape index (κ2) is 8.92. The topological polar surface area (TPSA) is 111 Å². The van der Waals surface area contributed by atoms with Crippen molar-refractivity contribution in [3.05, 3.63) is 17.0 Å². The fourth-order valence-electron chi connectivity index (χ4n) is 1.81. The summed E-state index contributed by atoms with van der Waals surface area (Å²) in [5.41, 5.74) is 0.695. The maximum absolute atomic E-state index is 11.9. The Morgan fingerprint density at radius 1 is 1.30 bits per heavy atom. The molecule has 0 aliphatic rings. The standard InChI is InChI=1S/C15H23N3O5/c1-5-11-13(10(4)23-18-11)14(20)22-8-12(19)17-15(21)16-7-6-9(2)3/h9H,5-8H2,1-4H3,(H2,16,17,19,21). The van der Waals surface area contributed by atoms with Crippen LogP contribution in [0, 0.1) is 12.8 Å². The van der Waals surface area contributed by atoms with Crippen molar-refractivity contribution < 1.29 is 23.6 Å². The van der Waals surface area contributed by atoms with Gasteiger partial charge in [0.15, 0.2) is 6.61 Å². The average molecular weight is 325 g/mol. The van der Waals surface area contributed by atoms with Gasteiger partial charge in [-0.3, -0.25) is 10.1 Å². The molecule has 23 heavy (non-hydrogen) atoms. The van der Waals surface area contributed by atoms with Crippen molar-refractivity contribution in [3.63, 3.8) is 0 Å². The van der Waals surface area contributed by atoms with Gasteiger partial charge in [0.25, 0.3) is 5.91 Å². The van der Waals surface area contributed by atoms with Gasteiger partial charge >= 0.3 is 12.0 Å². The molecule has 0 saturated heterocycles. The van der Waals surface area contributed by atoms with Crippen LogP contribution in [0.15, 0.2) is 4.52 Å². The zero-order chi connectivity index (χ0) is 17.4. The lowest BCUT2D eigenvalue weighted by molar-refractivity contribution is -0.123. The smallest absolute Gasteiger partial charge is 0.344 e. The second-order valence-corrected chi connectivity index (χ2v) is 5.48. The number of hydrogen-bond acceptors (Lipinski definition) is 6. The molecule has 1 heterocycles. The van der Waals surface area contributed by atoms with E-state index in [0.717, 1.165) is 6.42 Å². The first-order valence-corrected chi connectivity index (χ1v) is 7.55. The molecular weight excluding hydrogens is 302 g/mol. The summed E-state index contributed by atoms with van der Waals surface area (Å²) in [5.74, 6) is -0.617. The van der Waals surface area contributed by atoms with E-state index in [-0.39, 0.29) is 5.56 Å². The highest BCUT2D eigenvalue weighted by molar-refractivity contribution is 5.97. The van der Waals surface area contributed by atoms with Gasteiger partial charge in [-0.1, -0.05) is 25.9 Å². The maximum atomic E-state index is 11.9. The molecule has 8 heteroatoms. The Kier molecular flexibility index (Phi) is 7.24. The number of esters is 1. The van der Waals surface area contributed by atoms with Gasteiger partial charge in [-0.2, -0.15) is 0 Å². The van der Waals surface area contributed by atoms with Crippen molar-refractivity contribution in [3.8, 4) is 0 Å². The molecule has 128 valence electrons. The zero-order valence-electron chi connectivity index (χ0n) is 13.9. The third-order valence-corrected chi connectivity index (χ3v) is 3.07. The Balaban J connectivity index is 2.39. The van der Waals surface area contributed by atoms with Gasteiger partial charge in [0, 0.05) is 6.54 Å². The van der Waals surface area contributed by atoms with Crippen molar-refractivity contribution in [2.75, 3.05) is 13.2 Å². The van der Waals surface area contributed by atoms with Crippen molar-refractivity contribution in [2.24, 2.45) is 5.92 Å². The van der Waals surface area contributed by atoms with Gasteiger partial charge in [0.1, 0.15) is 11.3 Å². The lowest BCUT2D eigenvalue weighted by Gasteiger charge is -2.08. The van der Waals surface area contributed by atoms with Crippen LogP contribution in [-0.2, 0) is 16.0 Å². The van der Waals surface area contributed by atoms with E-state index in [1.807, 2.05) is 20.8 Å². The molecule has 1 aromatic heterocycles. The zero-order valence-corrected chi connectivity index (χ0v) is 13.9. The number of carbonyl (C=O) groups excluding carboxylic acids is 3. The van der Waals surface area contributed by atoms with Gasteiger partial charge in [-0.15, -0.1) is 0 Å². The van der Waals surface area contributed by atoms with Crippen LogP contribution in [0.25, 0.3) is 0 Å². The molecule has 1 aromatic rings. The Bertz CT molecular complexity index is 565. The number of aromatic nitrogens is 1. The molecule has 3 amide bonds. The van der Waals surface area contributed by atoms with Crippen molar-refractivity contribution in [1.29, 1.82) is 0 Å². The fourth-order valence-corrected chi connectivity index (χ4v) is 1.81. The quantitative estimate of drug-likeness (QED) is 0.736. The van der Waals surface area contributed by atoms with Crippen LogP contribution in [0.2, 0.25) is 0 Å². The minimum atomic E-state index is -0.701. The Hall–Kier alpha value is -2.38. The monoisotopic (exact) mass is 325 g/mol. The van der Waals surface area contributed by atoms with Gasteiger partial charge in [-0.05, 0) is 25.7 Å². The summed E-state index contributed by atoms with van der Waals surface area (Å²) in [6.07, 6.45) is 1.31. The molecule has 0 radical (unpaired) electrons. The number of hydrogen-bond donors (Lipinski definition) is 2. The fraction of sp³-hybridized carbons (Fsp3) is 0.600. The van der Waals surface area contributed by atoms with Crippen LogP contribution in [-0.4, -0.2) is 36.2 Å². The molecule has 0 saturated carbocycles. The van der Waals surface area contributed by atoms with Crippen LogP contribution in [0.1, 0.15) is 49.0 Å². The number of carbonyl (C=O) groups is 3. The lowest BCUT2D eigenvalue weighted by Crippen LogP contribution is -2.42. The first-order valence-electron chi connectivity index (χ1n) is 7.55. The third kappa shape index (κ3) is 6.09. The average Bonchev–Trinajstić information content (AvgIpc) is 2.85. The van der Waals surface area contributed by atoms with Crippen molar-refractivity contribution >= 4 is 17.9 Å². The summed E-state index contributed by atoms with van der Waals surface area (Å²) in [4.78, 5) is 35.0. The molecule has 0 aromatic carbocycles. The van der Waals surface area contributed by atoms with Gasteiger partial charge in [0.05, 0.1) is 5.69 Å². The predicted octanol–water partition coefficient (Wildman–Crippen LogP) is 1.57. The Morgan fingerprint density at radius 3 is 2.61 bits per heavy atom. The number of urea groups is 1. The van der Waals surface area contributed by atoms with Crippen molar-refractivity contribution in [1.82, 2.24) is 15.8 Å². The van der Waals surface area contributed by atoms with Crippen LogP contribution in [0.4, 0.5) is 4.79 Å². The van der Waals surface area contributed by atoms with Crippen LogP contribution >= 0.6 is 0 Å². The van der Waals surface area contributed by atoms with E-state index in [1.54, 1.807) is 6.92 Å². The lowest BCUT2D eigenvalue weighted by atomic mass is 10.1. The van der Waals surface area contributed by atoms with E-state index < -0.39 is 24.5 Å². The SMILES string of the molecule is CCc1noc(C)c1C(=O)OCC(=O)NC(=O)NCCC(C)C. The highest BCUT2D eigenvalue weighted by Crippen LogP contribution is 2.15. The Morgan fingerprint density at radius 2 is 2.00 bits per heavy atom. The predicted molar refractivity (Wildman–Crippen MR) is 81.9 cm³/mol. The molecule has 0 atom stereocenters. The van der Waals surface area contributed by atoms with E-state index in [2.05, 4.69) is 15.8 Å². The highest BCUT2D eigenvalue weighted by Gasteiger charge is 2.21. The minimum Gasteiger partial charge on any atom is -0.452 e. The number of rotatable bonds is 7. The Labute approximate surface area is 134 Å². The summed E-state index contributed by atoms with van der Waals surface area (Å²) in [7, 11) is 0. The van der Waals surface area contributed by atoms with Gasteiger partial charge in [-0.25, -0.2) is 9.59 Å². The summed E-state index contributed by atoms with van der Waals surface area (Å²) in [5, 5.41) is 8.38. The summed E-state index contributed by atoms with van der Waals surface area (Å²) < 4.78 is 9.81. The molecule has 0 aliphatic heterocycles. The van der Waals surface area contributed by atoms with Crippen LogP contribution in [0.3, 0.4) is 0 Å². The molecule has 0 bridgehead atoms. The van der Waals surface area contributed by atoms with Gasteiger partial charge < -0.3 is 14.6 Å². The first kappa shape index (κ1) is 18.7. The van der Waals surface area contributed by atoms with Crippen LogP contribution in [0.5, 0.6) is 0 Å². The van der Waals surface area contributed by atoms with E-state index in [9.17, 15) is 14.4 Å². The number of aryl methyl sites for hydroxylation is 2. The number of ether oxygens (including phenoxy) is 1. The molecule has 0 aliphatic carbocycles. The maximum Gasteiger partial charge on any atom is 0.344 e. The number of amides is 3. The first-order chi connectivity index (χ1) is 10.8. The molecular formula is C15H23N3O5. The number of nitrogens with zero attached hydrogens (tertiary/aromatic N) is 1. The summed E-state index contributed by atoms with van der Waals surface area (Å²) in [6.45, 7) is 7.39. The summed E-state index contributed by atoms with van der Waals surface area (Å²) >= 11 is 0. The largest absolute Gasteiger partial charge is 0.452 e.